The Balaban J connectivity index is 1.28. The van der Waals surface area contributed by atoms with Crippen LogP contribution in [0.15, 0.2) is 64.6 Å². The van der Waals surface area contributed by atoms with E-state index in [1.807, 2.05) is 0 Å². The molecule has 0 aromatic heterocycles. The molecule has 6 heterocycles. The summed E-state index contributed by atoms with van der Waals surface area (Å²) in [6, 6.07) is -1.90. The number of nitrogens with zero attached hydrogens (tertiary/aromatic N) is 4. The summed E-state index contributed by atoms with van der Waals surface area (Å²) in [6.07, 6.45) is -36.6. The number of phenols is 1. The fraction of sp³-hybridized carbons (Fsp3) is 0.644. The van der Waals surface area contributed by atoms with Crippen molar-refractivity contribution in [3.8, 4) is 5.75 Å². The Morgan fingerprint density at radius 2 is 1.21 bits per heavy atom. The number of hydrogen-bond acceptors (Lipinski definition) is 31. The van der Waals surface area contributed by atoms with E-state index in [-0.39, 0.29) is 29.6 Å². The van der Waals surface area contributed by atoms with E-state index in [4.69, 9.17) is 24.7 Å². The van der Waals surface area contributed by atoms with Gasteiger partial charge >= 0.3 is 0 Å². The number of nitrogens with one attached hydrogen (secondary N) is 7. The highest BCUT2D eigenvalue weighted by Gasteiger charge is 2.57. The first kappa shape index (κ1) is 75.3. The number of aromatic hydroxyl groups is 1. The largest absolute Gasteiger partial charge is 0.508 e. The van der Waals surface area contributed by atoms with Crippen molar-refractivity contribution in [1.29, 1.82) is 0 Å². The zero-order valence-corrected chi connectivity index (χ0v) is 52.6. The first-order valence-electron chi connectivity index (χ1n) is 31.2. The van der Waals surface area contributed by atoms with Crippen LogP contribution in [-0.4, -0.2) is 332 Å². The monoisotopic (exact) mass is 1380 g/mol. The van der Waals surface area contributed by atoms with Gasteiger partial charge in [0.25, 0.3) is 0 Å². The first-order valence-corrected chi connectivity index (χ1v) is 31.2. The molecule has 0 saturated carbocycles. The quantitative estimate of drug-likeness (QED) is 0.0659. The molecule has 2 aromatic rings. The van der Waals surface area contributed by atoms with E-state index in [2.05, 4.69) is 47.2 Å². The molecule has 6 aliphatic rings. The first-order chi connectivity index (χ1) is 46.0. The minimum Gasteiger partial charge on any atom is -0.508 e. The average Bonchev–Trinajstić information content (AvgIpc) is 1.62. The van der Waals surface area contributed by atoms with Crippen molar-refractivity contribution in [3.05, 3.63) is 65.7 Å². The van der Waals surface area contributed by atoms with Crippen LogP contribution in [0, 0.1) is 5.92 Å². The zero-order valence-electron chi connectivity index (χ0n) is 52.6. The van der Waals surface area contributed by atoms with Crippen molar-refractivity contribution in [2.45, 2.75) is 186 Å². The highest BCUT2D eigenvalue weighted by Crippen LogP contribution is 2.35. The number of guanidine groups is 2. The van der Waals surface area contributed by atoms with E-state index in [0.29, 0.717) is 10.5 Å². The van der Waals surface area contributed by atoms with Crippen LogP contribution >= 0.6 is 0 Å². The molecular weight excluding hydrogens is 1290 g/mol. The van der Waals surface area contributed by atoms with E-state index < -0.39 is 252 Å². The Kier molecular flexibility index (Phi) is 25.6. The van der Waals surface area contributed by atoms with Gasteiger partial charge in [0.05, 0.1) is 58.1 Å². The van der Waals surface area contributed by atoms with Gasteiger partial charge in [0.1, 0.15) is 121 Å². The Bertz CT molecular complexity index is 3120. The maximum absolute atomic E-state index is 16.3. The van der Waals surface area contributed by atoms with Crippen LogP contribution < -0.4 is 43.0 Å². The summed E-state index contributed by atoms with van der Waals surface area (Å²) in [5, 5.41) is 184. The Hall–Kier alpha value is -7.45. The molecule has 0 radical (unpaired) electrons. The standard InChI is InChI=1S/C59H86N12O26/c1-22(2)13-34(77)67-59-63-16-30(71(59)56-46(86)43(83)41(81)31(19-73)94-56)40(80)38-52(91)64-28(18-72)50(89)61-17-35(78)66-36(23(3)25-7-5-4-6-8-25)54(93)70(55-47(87)45(85)49(33(21-75)95-55)97-57-48(88)44(84)42(82)32(20-74)96-57)29(14-24-9-11-26(76)12-10-24)51(90)68-37(53(92)69-38)39(79)27-15-62-58(60)65-27/h4-12,22-23,27-33,36-49,55-57,72-76,79-88H,13-21H2,1-3H3,(H,61,89)(H,64,91)(H,66,78)(H,68,90)(H,69,92)(H3,60,62,65)(H,63,67,77)/t23?,27?,28-,29+,30?,31+,32+,33+,36-,37-,38+,39?,40?,41+,42+,43-,44-,45+,46-,47-,48-,49+,55-,56-,57+/m0/s1. The molecule has 5 unspecified atom stereocenters. The average molecular weight is 1380 g/mol. The topological polar surface area (TPSA) is 601 Å². The molecule has 8 rings (SSSR count). The molecule has 0 bridgehead atoms. The molecule has 0 aliphatic carbocycles. The Morgan fingerprint density at radius 3 is 1.81 bits per heavy atom. The highest BCUT2D eigenvalue weighted by atomic mass is 16.7. The van der Waals surface area contributed by atoms with E-state index in [1.165, 1.54) is 43.3 Å². The number of carbonyl (C=O) groups excluding carboxylic acids is 7. The number of amides is 7. The van der Waals surface area contributed by atoms with Gasteiger partial charge in [-0.1, -0.05) is 63.2 Å². The lowest BCUT2D eigenvalue weighted by molar-refractivity contribution is -0.348. The summed E-state index contributed by atoms with van der Waals surface area (Å²) in [5.41, 5.74) is 6.35. The number of carbonyl (C=O) groups is 7. The molecule has 4 saturated heterocycles. The molecule has 538 valence electrons. The number of aliphatic imine (C=N–C) groups is 2. The van der Waals surface area contributed by atoms with Gasteiger partial charge < -0.3 is 143 Å². The minimum absolute atomic E-state index is 0.0617. The molecule has 0 spiro atoms. The van der Waals surface area contributed by atoms with Crippen LogP contribution in [0.2, 0.25) is 0 Å². The summed E-state index contributed by atoms with van der Waals surface area (Å²) in [7, 11) is 0. The summed E-state index contributed by atoms with van der Waals surface area (Å²) in [4.78, 5) is 115. The summed E-state index contributed by atoms with van der Waals surface area (Å²) in [6.45, 7) is -1.78. The van der Waals surface area contributed by atoms with Gasteiger partial charge in [0, 0.05) is 18.8 Å². The summed E-state index contributed by atoms with van der Waals surface area (Å²) in [5.74, 6) is -11.8. The van der Waals surface area contributed by atoms with Crippen molar-refractivity contribution in [1.82, 2.24) is 47.0 Å². The molecule has 38 heteroatoms. The van der Waals surface area contributed by atoms with Gasteiger partial charge in [0.15, 0.2) is 24.7 Å². The molecule has 24 N–H and O–H groups in total. The molecule has 38 nitrogen and oxygen atoms in total. The number of benzene rings is 2. The molecule has 25 atom stereocenters. The third-order valence-electron chi connectivity index (χ3n) is 17.6. The summed E-state index contributed by atoms with van der Waals surface area (Å²) < 4.78 is 23.4. The number of ether oxygens (including phenoxy) is 4. The number of hydrogen-bond donors (Lipinski definition) is 23. The molecule has 6 aliphatic heterocycles. The fourth-order valence-electron chi connectivity index (χ4n) is 12.2. The predicted octanol–water partition coefficient (Wildman–Crippen LogP) is -12.4. The number of nitrogens with two attached hydrogens (primary N) is 1. The van der Waals surface area contributed by atoms with Crippen LogP contribution in [0.1, 0.15) is 44.2 Å². The predicted molar refractivity (Wildman–Crippen MR) is 326 cm³/mol. The maximum atomic E-state index is 16.3. The third kappa shape index (κ3) is 17.0. The van der Waals surface area contributed by atoms with Crippen LogP contribution in [0.5, 0.6) is 5.75 Å². The molecule has 4 fully saturated rings. The summed E-state index contributed by atoms with van der Waals surface area (Å²) >= 11 is 0. The van der Waals surface area contributed by atoms with Crippen molar-refractivity contribution in [2.24, 2.45) is 21.6 Å². The van der Waals surface area contributed by atoms with Crippen molar-refractivity contribution >= 4 is 53.3 Å². The number of phenolic OH excluding ortho intramolecular Hbond substituents is 1. The van der Waals surface area contributed by atoms with Crippen LogP contribution in [0.3, 0.4) is 0 Å². The normalized spacial score (nSPS) is 36.1. The molecular formula is C59H86N12O26. The van der Waals surface area contributed by atoms with Crippen molar-refractivity contribution < 1.29 is 129 Å². The molecule has 97 heavy (non-hydrogen) atoms. The van der Waals surface area contributed by atoms with Gasteiger partial charge in [-0.05, 0) is 29.2 Å². The van der Waals surface area contributed by atoms with Crippen molar-refractivity contribution in [3.63, 3.8) is 0 Å². The van der Waals surface area contributed by atoms with Gasteiger partial charge in [-0.25, -0.2) is 0 Å². The highest BCUT2D eigenvalue weighted by molar-refractivity contribution is 6.00. The Morgan fingerprint density at radius 1 is 0.629 bits per heavy atom. The fourth-order valence-corrected chi connectivity index (χ4v) is 12.2. The smallest absolute Gasteiger partial charge is 0.248 e. The van der Waals surface area contributed by atoms with Gasteiger partial charge in [-0.2, -0.15) is 0 Å². The Labute approximate surface area is 553 Å². The third-order valence-corrected chi connectivity index (χ3v) is 17.6. The van der Waals surface area contributed by atoms with Gasteiger partial charge in [-0.15, -0.1) is 0 Å². The maximum Gasteiger partial charge on any atom is 0.248 e. The van der Waals surface area contributed by atoms with E-state index in [0.717, 1.165) is 4.90 Å². The lowest BCUT2D eigenvalue weighted by Gasteiger charge is -2.50. The second-order valence-corrected chi connectivity index (χ2v) is 24.8. The number of aliphatic hydroxyl groups is 14. The lowest BCUT2D eigenvalue weighted by Crippen LogP contribution is -2.72. The number of aliphatic hydroxyl groups excluding tert-OH is 14. The van der Waals surface area contributed by atoms with Gasteiger partial charge in [-0.3, -0.25) is 48.9 Å². The molecule has 2 aromatic carbocycles. The molecule has 7 amide bonds. The second kappa shape index (κ2) is 32.9. The second-order valence-electron chi connectivity index (χ2n) is 24.8. The van der Waals surface area contributed by atoms with E-state index in [1.54, 1.807) is 32.0 Å². The van der Waals surface area contributed by atoms with Gasteiger partial charge in [0.2, 0.25) is 47.3 Å². The number of rotatable bonds is 18. The van der Waals surface area contributed by atoms with Crippen LogP contribution in [-0.2, 0) is 58.9 Å². The lowest BCUT2D eigenvalue weighted by atomic mass is 9.89. The van der Waals surface area contributed by atoms with E-state index >= 15 is 19.2 Å². The van der Waals surface area contributed by atoms with Crippen molar-refractivity contribution in [2.75, 3.05) is 46.1 Å². The minimum atomic E-state index is -2.54. The van der Waals surface area contributed by atoms with Crippen LogP contribution in [0.25, 0.3) is 0 Å². The van der Waals surface area contributed by atoms with Crippen LogP contribution in [0.4, 0.5) is 0 Å². The van der Waals surface area contributed by atoms with E-state index in [9.17, 15) is 91.0 Å². The SMILES string of the molecule is CC(C)CC(=O)NC1=NCC(C(O)[C@H]2NC(=O)[C@H](C(O)C3CN=C(N)N3)NC(=O)[C@@H](Cc3ccc(O)cc3)N([C@H]3O[C@H](CO)[C@@H](O[C@H]4O[C@H](CO)[C@@H](O)[C@H](O)[C@@H]4O)[C@H](O)[C@@H]3O)C(=O)[C@H](C(C)c3ccccc3)NC(=O)CNC(=O)[C@H](CO)NC2=O)N1[C@H]1O[C@H](CO)[C@@H](O)[C@H](O)[C@@H]1O. The zero-order chi connectivity index (χ0) is 71.0.